The summed E-state index contributed by atoms with van der Waals surface area (Å²) < 4.78 is 28.0. The zero-order valence-electron chi connectivity index (χ0n) is 15.6. The number of para-hydroxylation sites is 1. The maximum absolute atomic E-state index is 13.0. The van der Waals surface area contributed by atoms with Crippen molar-refractivity contribution in [1.29, 1.82) is 0 Å². The molecule has 0 radical (unpaired) electrons. The summed E-state index contributed by atoms with van der Waals surface area (Å²) in [4.78, 5) is 14.9. The SMILES string of the molecule is O=C(C1CCN(S(=O)(=O)Cc2cccc(Br)c2)CC1)N1CCc2ccccc21. The minimum absolute atomic E-state index is 0.00937. The Hall–Kier alpha value is -1.70. The van der Waals surface area contributed by atoms with Gasteiger partial charge in [-0.3, -0.25) is 4.79 Å². The van der Waals surface area contributed by atoms with Gasteiger partial charge >= 0.3 is 0 Å². The second-order valence-electron chi connectivity index (χ2n) is 7.43. The molecule has 7 heteroatoms. The largest absolute Gasteiger partial charge is 0.312 e. The average Bonchev–Trinajstić information content (AvgIpc) is 3.11. The number of sulfonamides is 1. The van der Waals surface area contributed by atoms with Gasteiger partial charge in [0.25, 0.3) is 0 Å². The molecule has 0 aliphatic carbocycles. The number of hydrogen-bond donors (Lipinski definition) is 0. The Labute approximate surface area is 174 Å². The monoisotopic (exact) mass is 462 g/mol. The molecule has 1 fully saturated rings. The summed E-state index contributed by atoms with van der Waals surface area (Å²) in [6, 6.07) is 15.4. The van der Waals surface area contributed by atoms with Crippen LogP contribution < -0.4 is 4.90 Å². The summed E-state index contributed by atoms with van der Waals surface area (Å²) in [5, 5.41) is 0. The Kier molecular flexibility index (Phi) is 5.58. The molecule has 2 heterocycles. The molecule has 2 aromatic carbocycles. The van der Waals surface area contributed by atoms with Crippen molar-refractivity contribution in [3.63, 3.8) is 0 Å². The van der Waals surface area contributed by atoms with Crippen molar-refractivity contribution in [3.8, 4) is 0 Å². The fraction of sp³-hybridized carbons (Fsp3) is 0.381. The quantitative estimate of drug-likeness (QED) is 0.697. The number of halogens is 1. The van der Waals surface area contributed by atoms with Crippen LogP contribution in [0.3, 0.4) is 0 Å². The van der Waals surface area contributed by atoms with Gasteiger partial charge in [0, 0.05) is 35.7 Å². The van der Waals surface area contributed by atoms with Gasteiger partial charge in [0.15, 0.2) is 0 Å². The minimum Gasteiger partial charge on any atom is -0.312 e. The van der Waals surface area contributed by atoms with Crippen molar-refractivity contribution in [2.75, 3.05) is 24.5 Å². The number of carbonyl (C=O) groups is 1. The Morgan fingerprint density at radius 3 is 2.54 bits per heavy atom. The van der Waals surface area contributed by atoms with E-state index in [1.807, 2.05) is 47.4 Å². The first-order chi connectivity index (χ1) is 13.4. The van der Waals surface area contributed by atoms with E-state index in [1.165, 1.54) is 9.87 Å². The Morgan fingerprint density at radius 2 is 1.79 bits per heavy atom. The van der Waals surface area contributed by atoms with Crippen LogP contribution in [0, 0.1) is 5.92 Å². The van der Waals surface area contributed by atoms with Crippen LogP contribution in [0.2, 0.25) is 0 Å². The molecule has 148 valence electrons. The topological polar surface area (TPSA) is 57.7 Å². The summed E-state index contributed by atoms with van der Waals surface area (Å²) in [5.74, 6) is 0.0161. The molecular formula is C21H23BrN2O3S. The summed E-state index contributed by atoms with van der Waals surface area (Å²) >= 11 is 3.38. The fourth-order valence-electron chi connectivity index (χ4n) is 4.10. The number of benzene rings is 2. The second kappa shape index (κ2) is 7.97. The van der Waals surface area contributed by atoms with E-state index < -0.39 is 10.0 Å². The molecule has 2 aliphatic rings. The van der Waals surface area contributed by atoms with E-state index in [-0.39, 0.29) is 17.6 Å². The number of nitrogens with zero attached hydrogens (tertiary/aromatic N) is 2. The van der Waals surface area contributed by atoms with Crippen molar-refractivity contribution in [1.82, 2.24) is 4.31 Å². The molecule has 0 aromatic heterocycles. The molecule has 2 aromatic rings. The van der Waals surface area contributed by atoms with E-state index in [0.29, 0.717) is 25.9 Å². The predicted octanol–water partition coefficient (Wildman–Crippen LogP) is 3.58. The highest BCUT2D eigenvalue weighted by molar-refractivity contribution is 9.10. The van der Waals surface area contributed by atoms with Gasteiger partial charge in [0.05, 0.1) is 5.75 Å². The molecule has 5 nitrogen and oxygen atoms in total. The number of hydrogen-bond acceptors (Lipinski definition) is 3. The zero-order valence-corrected chi connectivity index (χ0v) is 18.0. The van der Waals surface area contributed by atoms with E-state index >= 15 is 0 Å². The molecule has 2 aliphatic heterocycles. The average molecular weight is 463 g/mol. The molecule has 1 saturated heterocycles. The van der Waals surface area contributed by atoms with Gasteiger partial charge < -0.3 is 4.90 Å². The number of piperidine rings is 1. The lowest BCUT2D eigenvalue weighted by Gasteiger charge is -2.32. The van der Waals surface area contributed by atoms with Crippen LogP contribution in [0.1, 0.15) is 24.0 Å². The number of anilines is 1. The lowest BCUT2D eigenvalue weighted by Crippen LogP contribution is -2.44. The molecule has 0 N–H and O–H groups in total. The van der Waals surface area contributed by atoms with E-state index in [2.05, 4.69) is 22.0 Å². The van der Waals surface area contributed by atoms with Crippen molar-refractivity contribution < 1.29 is 13.2 Å². The summed E-state index contributed by atoms with van der Waals surface area (Å²) in [5.41, 5.74) is 2.99. The van der Waals surface area contributed by atoms with E-state index in [0.717, 1.165) is 28.7 Å². The smallest absolute Gasteiger partial charge is 0.230 e. The van der Waals surface area contributed by atoms with Gasteiger partial charge in [-0.05, 0) is 48.6 Å². The molecule has 1 amide bonds. The lowest BCUT2D eigenvalue weighted by atomic mass is 9.96. The first-order valence-electron chi connectivity index (χ1n) is 9.55. The standard InChI is InChI=1S/C21H23BrN2O3S/c22-19-6-3-4-16(14-19)15-28(26,27)23-11-8-18(9-12-23)21(25)24-13-10-17-5-1-2-7-20(17)24/h1-7,14,18H,8-13,15H2. The molecule has 0 spiro atoms. The van der Waals surface area contributed by atoms with Crippen molar-refractivity contribution >= 4 is 37.5 Å². The van der Waals surface area contributed by atoms with Crippen molar-refractivity contribution in [3.05, 3.63) is 64.1 Å². The lowest BCUT2D eigenvalue weighted by molar-refractivity contribution is -0.123. The van der Waals surface area contributed by atoms with E-state index in [1.54, 1.807) is 0 Å². The zero-order chi connectivity index (χ0) is 19.7. The first kappa shape index (κ1) is 19.6. The Bertz CT molecular complexity index is 985. The highest BCUT2D eigenvalue weighted by Crippen LogP contribution is 2.31. The van der Waals surface area contributed by atoms with Crippen LogP contribution in [0.25, 0.3) is 0 Å². The third-order valence-electron chi connectivity index (χ3n) is 5.59. The van der Waals surface area contributed by atoms with Crippen molar-refractivity contribution in [2.45, 2.75) is 25.0 Å². The van der Waals surface area contributed by atoms with Gasteiger partial charge in [0.1, 0.15) is 0 Å². The molecule has 0 saturated carbocycles. The van der Waals surface area contributed by atoms with Crippen LogP contribution in [0.15, 0.2) is 53.0 Å². The first-order valence-corrected chi connectivity index (χ1v) is 12.0. The van der Waals surface area contributed by atoms with Gasteiger partial charge in [-0.2, -0.15) is 0 Å². The normalized spacial score (nSPS) is 18.2. The Balaban J connectivity index is 1.38. The van der Waals surface area contributed by atoms with Gasteiger partial charge in [-0.1, -0.05) is 46.3 Å². The predicted molar refractivity (Wildman–Crippen MR) is 114 cm³/mol. The molecule has 0 unspecified atom stereocenters. The van der Waals surface area contributed by atoms with Crippen LogP contribution in [0.5, 0.6) is 0 Å². The van der Waals surface area contributed by atoms with Crippen LogP contribution in [-0.2, 0) is 27.0 Å². The van der Waals surface area contributed by atoms with Gasteiger partial charge in [-0.15, -0.1) is 0 Å². The third kappa shape index (κ3) is 4.02. The molecule has 4 rings (SSSR count). The highest BCUT2D eigenvalue weighted by Gasteiger charge is 2.35. The van der Waals surface area contributed by atoms with E-state index in [9.17, 15) is 13.2 Å². The Morgan fingerprint density at radius 1 is 1.04 bits per heavy atom. The number of fused-ring (bicyclic) bond motifs is 1. The van der Waals surface area contributed by atoms with Gasteiger partial charge in [0.2, 0.25) is 15.9 Å². The molecular weight excluding hydrogens is 440 g/mol. The maximum Gasteiger partial charge on any atom is 0.230 e. The molecule has 0 atom stereocenters. The third-order valence-corrected chi connectivity index (χ3v) is 7.93. The fourth-order valence-corrected chi connectivity index (χ4v) is 6.09. The minimum atomic E-state index is -3.38. The second-order valence-corrected chi connectivity index (χ2v) is 10.3. The molecule has 28 heavy (non-hydrogen) atoms. The van der Waals surface area contributed by atoms with Crippen molar-refractivity contribution in [2.24, 2.45) is 5.92 Å². The summed E-state index contributed by atoms with van der Waals surface area (Å²) in [7, 11) is -3.38. The number of rotatable bonds is 4. The van der Waals surface area contributed by atoms with E-state index in [4.69, 9.17) is 0 Å². The maximum atomic E-state index is 13.0. The number of amides is 1. The van der Waals surface area contributed by atoms with Crippen LogP contribution >= 0.6 is 15.9 Å². The number of carbonyl (C=O) groups excluding carboxylic acids is 1. The highest BCUT2D eigenvalue weighted by atomic mass is 79.9. The molecule has 0 bridgehead atoms. The van der Waals surface area contributed by atoms with Crippen LogP contribution in [0.4, 0.5) is 5.69 Å². The van der Waals surface area contributed by atoms with Gasteiger partial charge in [-0.25, -0.2) is 12.7 Å². The summed E-state index contributed by atoms with van der Waals surface area (Å²) in [6.45, 7) is 1.53. The van der Waals surface area contributed by atoms with Crippen LogP contribution in [-0.4, -0.2) is 38.3 Å². The summed E-state index contributed by atoms with van der Waals surface area (Å²) in [6.07, 6.45) is 2.05.